The fraction of sp³-hybridized carbons (Fsp3) is 0.263. The van der Waals surface area contributed by atoms with Crippen molar-refractivity contribution in [2.24, 2.45) is 0 Å². The maximum Gasteiger partial charge on any atom is 0.291 e. The molecule has 1 N–H and O–H groups in total. The molecule has 0 atom stereocenters. The van der Waals surface area contributed by atoms with Crippen LogP contribution in [0.5, 0.6) is 5.88 Å². The van der Waals surface area contributed by atoms with Crippen molar-refractivity contribution in [3.8, 4) is 11.6 Å². The molecule has 28 heavy (non-hydrogen) atoms. The number of carbonyl (C=O) groups excluding carboxylic acids is 1. The number of methoxy groups -OCH3 is 1. The summed E-state index contributed by atoms with van der Waals surface area (Å²) >= 11 is 5.92. The largest absolute Gasteiger partial charge is 0.475 e. The smallest absolute Gasteiger partial charge is 0.291 e. The quantitative estimate of drug-likeness (QED) is 0.583. The van der Waals surface area contributed by atoms with Gasteiger partial charge in [0.2, 0.25) is 11.7 Å². The predicted octanol–water partition coefficient (Wildman–Crippen LogP) is 2.58. The van der Waals surface area contributed by atoms with Gasteiger partial charge in [-0.15, -0.1) is 5.10 Å². The number of nitrogens with zero attached hydrogens (tertiary/aromatic N) is 4. The van der Waals surface area contributed by atoms with Gasteiger partial charge in [0.15, 0.2) is 0 Å². The van der Waals surface area contributed by atoms with Gasteiger partial charge in [0.25, 0.3) is 5.91 Å². The highest BCUT2D eigenvalue weighted by Crippen LogP contribution is 2.15. The first-order valence-corrected chi connectivity index (χ1v) is 8.99. The van der Waals surface area contributed by atoms with Crippen LogP contribution in [0.2, 0.25) is 5.02 Å². The number of pyridine rings is 1. The summed E-state index contributed by atoms with van der Waals surface area (Å²) in [7, 11) is 1.60. The summed E-state index contributed by atoms with van der Waals surface area (Å²) in [4.78, 5) is 20.9. The van der Waals surface area contributed by atoms with Crippen LogP contribution in [0.4, 0.5) is 0 Å². The Morgan fingerprint density at radius 1 is 1.21 bits per heavy atom. The monoisotopic (exact) mass is 401 g/mol. The van der Waals surface area contributed by atoms with E-state index in [0.717, 1.165) is 11.3 Å². The van der Waals surface area contributed by atoms with E-state index >= 15 is 0 Å². The second-order valence-electron chi connectivity index (χ2n) is 5.86. The predicted molar refractivity (Wildman–Crippen MR) is 104 cm³/mol. The zero-order valence-corrected chi connectivity index (χ0v) is 16.3. The average molecular weight is 402 g/mol. The van der Waals surface area contributed by atoms with Gasteiger partial charge in [-0.2, -0.15) is 0 Å². The van der Waals surface area contributed by atoms with Crippen molar-refractivity contribution in [1.82, 2.24) is 25.1 Å². The minimum atomic E-state index is -0.387. The number of aryl methyl sites for hydroxylation is 1. The Morgan fingerprint density at radius 3 is 2.75 bits per heavy atom. The molecular formula is C19H20ClN5O3. The molecule has 0 fully saturated rings. The van der Waals surface area contributed by atoms with E-state index in [2.05, 4.69) is 20.4 Å². The third-order valence-corrected chi connectivity index (χ3v) is 4.11. The van der Waals surface area contributed by atoms with E-state index in [1.54, 1.807) is 43.1 Å². The molecule has 0 spiro atoms. The van der Waals surface area contributed by atoms with Gasteiger partial charge in [-0.3, -0.25) is 4.79 Å². The maximum atomic E-state index is 12.5. The number of hydrogen-bond acceptors (Lipinski definition) is 6. The van der Waals surface area contributed by atoms with Gasteiger partial charge in [-0.05, 0) is 37.3 Å². The van der Waals surface area contributed by atoms with Crippen LogP contribution in [0.15, 0.2) is 42.6 Å². The Morgan fingerprint density at radius 2 is 2.00 bits per heavy atom. The second-order valence-corrected chi connectivity index (χ2v) is 6.30. The summed E-state index contributed by atoms with van der Waals surface area (Å²) in [6, 6.07) is 10.7. The molecule has 9 heteroatoms. The first kappa shape index (κ1) is 19.8. The standard InChI is InChI=1S/C19H20ClN5O3/c1-13-23-17(24-25(13)16-7-5-15(20)6-8-16)18(26)22-12-14-4-3-9-21-19(14)28-11-10-27-2/h3-9H,10-12H2,1-2H3,(H,22,26). The lowest BCUT2D eigenvalue weighted by Gasteiger charge is -2.10. The first-order valence-electron chi connectivity index (χ1n) is 8.62. The SMILES string of the molecule is COCCOc1ncccc1CNC(=O)c1nc(C)n(-c2ccc(Cl)cc2)n1. The third kappa shape index (κ3) is 4.85. The molecule has 3 rings (SSSR count). The third-order valence-electron chi connectivity index (χ3n) is 3.86. The zero-order valence-electron chi connectivity index (χ0n) is 15.6. The molecule has 0 saturated carbocycles. The highest BCUT2D eigenvalue weighted by molar-refractivity contribution is 6.30. The Bertz CT molecular complexity index is 943. The van der Waals surface area contributed by atoms with E-state index in [1.807, 2.05) is 18.2 Å². The number of rotatable bonds is 8. The summed E-state index contributed by atoms with van der Waals surface area (Å²) < 4.78 is 12.1. The number of carbonyl (C=O) groups is 1. The van der Waals surface area contributed by atoms with Crippen LogP contribution < -0.4 is 10.1 Å². The van der Waals surface area contributed by atoms with Crippen molar-refractivity contribution < 1.29 is 14.3 Å². The molecule has 0 saturated heterocycles. The summed E-state index contributed by atoms with van der Waals surface area (Å²) in [6.07, 6.45) is 1.63. The topological polar surface area (TPSA) is 91.2 Å². The maximum absolute atomic E-state index is 12.5. The molecule has 1 amide bonds. The van der Waals surface area contributed by atoms with Crippen LogP contribution in [0, 0.1) is 6.92 Å². The Hall–Kier alpha value is -2.97. The van der Waals surface area contributed by atoms with Crippen LogP contribution in [0.25, 0.3) is 5.69 Å². The molecule has 0 unspecified atom stereocenters. The van der Waals surface area contributed by atoms with E-state index in [-0.39, 0.29) is 18.3 Å². The molecule has 146 valence electrons. The van der Waals surface area contributed by atoms with Gasteiger partial charge < -0.3 is 14.8 Å². The molecule has 0 aliphatic heterocycles. The minimum absolute atomic E-state index is 0.0817. The number of ether oxygens (including phenoxy) is 2. The van der Waals surface area contributed by atoms with E-state index < -0.39 is 0 Å². The van der Waals surface area contributed by atoms with Gasteiger partial charge in [0.1, 0.15) is 12.4 Å². The second kappa shape index (κ2) is 9.29. The summed E-state index contributed by atoms with van der Waals surface area (Å²) in [5, 5.41) is 7.71. The van der Waals surface area contributed by atoms with Gasteiger partial charge in [0.05, 0.1) is 12.3 Å². The highest BCUT2D eigenvalue weighted by Gasteiger charge is 2.16. The lowest BCUT2D eigenvalue weighted by molar-refractivity contribution is 0.0939. The van der Waals surface area contributed by atoms with Crippen LogP contribution in [-0.4, -0.2) is 46.0 Å². The highest BCUT2D eigenvalue weighted by atomic mass is 35.5. The van der Waals surface area contributed by atoms with Gasteiger partial charge >= 0.3 is 0 Å². The van der Waals surface area contributed by atoms with Crippen molar-refractivity contribution in [2.45, 2.75) is 13.5 Å². The molecule has 0 radical (unpaired) electrons. The summed E-state index contributed by atoms with van der Waals surface area (Å²) in [5.41, 5.74) is 1.52. The van der Waals surface area contributed by atoms with E-state index in [0.29, 0.717) is 29.9 Å². The Labute approximate surface area is 167 Å². The first-order chi connectivity index (χ1) is 13.6. The van der Waals surface area contributed by atoms with Crippen LogP contribution in [0.1, 0.15) is 22.0 Å². The average Bonchev–Trinajstić information content (AvgIpc) is 3.09. The molecular weight excluding hydrogens is 382 g/mol. The normalized spacial score (nSPS) is 10.7. The minimum Gasteiger partial charge on any atom is -0.475 e. The lowest BCUT2D eigenvalue weighted by Crippen LogP contribution is -2.24. The molecule has 0 aliphatic rings. The van der Waals surface area contributed by atoms with E-state index in [4.69, 9.17) is 21.1 Å². The molecule has 2 aromatic heterocycles. The van der Waals surface area contributed by atoms with Gasteiger partial charge in [-0.1, -0.05) is 17.7 Å². The van der Waals surface area contributed by atoms with Crippen LogP contribution in [-0.2, 0) is 11.3 Å². The van der Waals surface area contributed by atoms with Crippen LogP contribution >= 0.6 is 11.6 Å². The van der Waals surface area contributed by atoms with Gasteiger partial charge in [-0.25, -0.2) is 14.6 Å². The summed E-state index contributed by atoms with van der Waals surface area (Å²) in [6.45, 7) is 2.85. The number of halogens is 1. The van der Waals surface area contributed by atoms with E-state index in [1.165, 1.54) is 0 Å². The lowest BCUT2D eigenvalue weighted by atomic mass is 10.2. The van der Waals surface area contributed by atoms with Crippen molar-refractivity contribution in [3.63, 3.8) is 0 Å². The van der Waals surface area contributed by atoms with Crippen LogP contribution in [0.3, 0.4) is 0 Å². The molecule has 2 heterocycles. The number of nitrogens with one attached hydrogen (secondary N) is 1. The molecule has 0 aliphatic carbocycles. The molecule has 1 aromatic carbocycles. The molecule has 8 nitrogen and oxygen atoms in total. The number of amides is 1. The fourth-order valence-electron chi connectivity index (χ4n) is 2.48. The van der Waals surface area contributed by atoms with Crippen molar-refractivity contribution in [3.05, 3.63) is 64.8 Å². The number of aromatic nitrogens is 4. The molecule has 3 aromatic rings. The van der Waals surface area contributed by atoms with Crippen molar-refractivity contribution in [1.29, 1.82) is 0 Å². The Kier molecular flexibility index (Phi) is 6.57. The summed E-state index contributed by atoms with van der Waals surface area (Å²) in [5.74, 6) is 0.744. The molecule has 0 bridgehead atoms. The van der Waals surface area contributed by atoms with Crippen molar-refractivity contribution >= 4 is 17.5 Å². The number of benzene rings is 1. The Balaban J connectivity index is 1.68. The number of hydrogen-bond donors (Lipinski definition) is 1. The van der Waals surface area contributed by atoms with Crippen molar-refractivity contribution in [2.75, 3.05) is 20.3 Å². The van der Waals surface area contributed by atoms with Gasteiger partial charge in [0, 0.05) is 30.4 Å². The fourth-order valence-corrected chi connectivity index (χ4v) is 2.60. The van der Waals surface area contributed by atoms with E-state index in [9.17, 15) is 4.79 Å². The zero-order chi connectivity index (χ0) is 19.9.